The first-order chi connectivity index (χ1) is 8.98. The summed E-state index contributed by atoms with van der Waals surface area (Å²) in [5.74, 6) is 1.98. The minimum atomic E-state index is 0.0226. The highest BCUT2D eigenvalue weighted by atomic mass is 16.5. The van der Waals surface area contributed by atoms with Crippen molar-refractivity contribution in [2.45, 2.75) is 32.9 Å². The molecule has 0 saturated carbocycles. The molecule has 1 heterocycles. The predicted octanol–water partition coefficient (Wildman–Crippen LogP) is 2.63. The Hall–Kier alpha value is -1.88. The Kier molecular flexibility index (Phi) is 3.85. The third-order valence-electron chi connectivity index (χ3n) is 2.59. The minimum absolute atomic E-state index is 0.0226. The fourth-order valence-corrected chi connectivity index (χ4v) is 1.52. The summed E-state index contributed by atoms with van der Waals surface area (Å²) in [6.07, 6.45) is 0. The van der Waals surface area contributed by atoms with E-state index >= 15 is 0 Å². The van der Waals surface area contributed by atoms with Crippen molar-refractivity contribution in [2.75, 3.05) is 7.11 Å². The summed E-state index contributed by atoms with van der Waals surface area (Å²) in [5, 5.41) is 7.28. The van der Waals surface area contributed by atoms with Gasteiger partial charge in [0.2, 0.25) is 11.7 Å². The quantitative estimate of drug-likeness (QED) is 0.916. The third-order valence-corrected chi connectivity index (χ3v) is 2.59. The second-order valence-electron chi connectivity index (χ2n) is 5.34. The van der Waals surface area contributed by atoms with Gasteiger partial charge in [-0.1, -0.05) is 5.16 Å². The molecule has 0 aliphatic heterocycles. The summed E-state index contributed by atoms with van der Waals surface area (Å²) < 4.78 is 10.3. The van der Waals surface area contributed by atoms with Crippen molar-refractivity contribution in [3.05, 3.63) is 30.2 Å². The van der Waals surface area contributed by atoms with E-state index in [1.807, 2.05) is 24.3 Å². The smallest absolute Gasteiger partial charge is 0.240 e. The first-order valence-electron chi connectivity index (χ1n) is 6.20. The van der Waals surface area contributed by atoms with Gasteiger partial charge in [0.15, 0.2) is 0 Å². The molecule has 1 aromatic carbocycles. The lowest BCUT2D eigenvalue weighted by Gasteiger charge is -2.18. The predicted molar refractivity (Wildman–Crippen MR) is 72.9 cm³/mol. The van der Waals surface area contributed by atoms with Crippen LogP contribution in [0.3, 0.4) is 0 Å². The molecule has 0 fully saturated rings. The van der Waals surface area contributed by atoms with Crippen molar-refractivity contribution in [2.24, 2.45) is 0 Å². The average molecular weight is 261 g/mol. The lowest BCUT2D eigenvalue weighted by Crippen LogP contribution is -2.35. The van der Waals surface area contributed by atoms with Gasteiger partial charge in [-0.15, -0.1) is 0 Å². The third kappa shape index (κ3) is 3.79. The van der Waals surface area contributed by atoms with Gasteiger partial charge in [0.1, 0.15) is 5.75 Å². The van der Waals surface area contributed by atoms with Crippen molar-refractivity contribution in [1.82, 2.24) is 15.5 Å². The summed E-state index contributed by atoms with van der Waals surface area (Å²) >= 11 is 0. The van der Waals surface area contributed by atoms with E-state index in [9.17, 15) is 0 Å². The van der Waals surface area contributed by atoms with Crippen molar-refractivity contribution in [1.29, 1.82) is 0 Å². The Balaban J connectivity index is 2.07. The van der Waals surface area contributed by atoms with Crippen LogP contribution in [0.4, 0.5) is 0 Å². The normalized spacial score (nSPS) is 11.6. The van der Waals surface area contributed by atoms with Crippen molar-refractivity contribution < 1.29 is 9.26 Å². The molecule has 0 radical (unpaired) electrons. The number of hydrogen-bond acceptors (Lipinski definition) is 5. The molecule has 19 heavy (non-hydrogen) atoms. The van der Waals surface area contributed by atoms with Gasteiger partial charge < -0.3 is 14.6 Å². The highest BCUT2D eigenvalue weighted by Gasteiger charge is 2.13. The molecule has 1 aromatic heterocycles. The zero-order chi connectivity index (χ0) is 13.9. The number of nitrogens with one attached hydrogen (secondary N) is 1. The Morgan fingerprint density at radius 2 is 1.89 bits per heavy atom. The largest absolute Gasteiger partial charge is 0.497 e. The molecule has 0 spiro atoms. The van der Waals surface area contributed by atoms with Crippen LogP contribution < -0.4 is 10.1 Å². The van der Waals surface area contributed by atoms with Crippen LogP contribution in [0.5, 0.6) is 5.75 Å². The number of aromatic nitrogens is 2. The van der Waals surface area contributed by atoms with E-state index in [2.05, 4.69) is 36.2 Å². The number of nitrogens with zero attached hydrogens (tertiary/aromatic N) is 2. The molecular formula is C14H19N3O2. The number of benzene rings is 1. The van der Waals surface area contributed by atoms with E-state index in [1.54, 1.807) is 7.11 Å². The fraction of sp³-hybridized carbons (Fsp3) is 0.429. The standard InChI is InChI=1S/C14H19N3O2/c1-14(2,3)15-9-12-16-13(17-19-12)10-5-7-11(18-4)8-6-10/h5-8,15H,9H2,1-4H3. The van der Waals surface area contributed by atoms with E-state index in [-0.39, 0.29) is 5.54 Å². The van der Waals surface area contributed by atoms with Crippen LogP contribution >= 0.6 is 0 Å². The van der Waals surface area contributed by atoms with Gasteiger partial charge in [0.25, 0.3) is 0 Å². The summed E-state index contributed by atoms with van der Waals surface area (Å²) in [5.41, 5.74) is 0.931. The second-order valence-corrected chi connectivity index (χ2v) is 5.34. The highest BCUT2D eigenvalue weighted by molar-refractivity contribution is 5.55. The number of rotatable bonds is 4. The van der Waals surface area contributed by atoms with E-state index < -0.39 is 0 Å². The topological polar surface area (TPSA) is 60.2 Å². The molecular weight excluding hydrogens is 242 g/mol. The molecule has 0 saturated heterocycles. The average Bonchev–Trinajstić information content (AvgIpc) is 2.84. The molecule has 5 nitrogen and oxygen atoms in total. The van der Waals surface area contributed by atoms with Crippen molar-refractivity contribution >= 4 is 0 Å². The molecule has 0 unspecified atom stereocenters. The van der Waals surface area contributed by atoms with Crippen LogP contribution in [0.15, 0.2) is 28.8 Å². The SMILES string of the molecule is COc1ccc(-c2noc(CNC(C)(C)C)n2)cc1. The Morgan fingerprint density at radius 3 is 2.47 bits per heavy atom. The molecule has 0 aliphatic rings. The van der Waals surface area contributed by atoms with E-state index in [4.69, 9.17) is 9.26 Å². The van der Waals surface area contributed by atoms with Crippen molar-refractivity contribution in [3.63, 3.8) is 0 Å². The van der Waals surface area contributed by atoms with Crippen LogP contribution in [0, 0.1) is 0 Å². The molecule has 0 aliphatic carbocycles. The second kappa shape index (κ2) is 5.40. The van der Waals surface area contributed by atoms with E-state index in [1.165, 1.54) is 0 Å². The monoisotopic (exact) mass is 261 g/mol. The van der Waals surface area contributed by atoms with Crippen LogP contribution in [-0.2, 0) is 6.54 Å². The zero-order valence-electron chi connectivity index (χ0n) is 11.7. The summed E-state index contributed by atoms with van der Waals surface area (Å²) in [6.45, 7) is 6.84. The number of hydrogen-bond donors (Lipinski definition) is 1. The fourth-order valence-electron chi connectivity index (χ4n) is 1.52. The van der Waals surface area contributed by atoms with Gasteiger partial charge >= 0.3 is 0 Å². The Bertz CT molecular complexity index is 526. The molecule has 2 aromatic rings. The summed E-state index contributed by atoms with van der Waals surface area (Å²) in [7, 11) is 1.64. The van der Waals surface area contributed by atoms with Gasteiger partial charge in [0, 0.05) is 11.1 Å². The Morgan fingerprint density at radius 1 is 1.21 bits per heavy atom. The first-order valence-corrected chi connectivity index (χ1v) is 6.20. The highest BCUT2D eigenvalue weighted by Crippen LogP contribution is 2.19. The molecule has 1 N–H and O–H groups in total. The van der Waals surface area contributed by atoms with Crippen molar-refractivity contribution in [3.8, 4) is 17.1 Å². The number of ether oxygens (including phenoxy) is 1. The molecule has 2 rings (SSSR count). The van der Waals surface area contributed by atoms with Crippen LogP contribution in [0.1, 0.15) is 26.7 Å². The van der Waals surface area contributed by atoms with Gasteiger partial charge in [-0.3, -0.25) is 0 Å². The molecule has 0 atom stereocenters. The lowest BCUT2D eigenvalue weighted by atomic mass is 10.1. The molecule has 0 amide bonds. The van der Waals surface area contributed by atoms with E-state index in [0.717, 1.165) is 11.3 Å². The van der Waals surface area contributed by atoms with Gasteiger partial charge in [0.05, 0.1) is 13.7 Å². The van der Waals surface area contributed by atoms with E-state index in [0.29, 0.717) is 18.3 Å². The maximum atomic E-state index is 5.22. The molecule has 5 heteroatoms. The molecule has 0 bridgehead atoms. The van der Waals surface area contributed by atoms with Crippen LogP contribution in [-0.4, -0.2) is 22.8 Å². The van der Waals surface area contributed by atoms with Gasteiger partial charge in [-0.2, -0.15) is 4.98 Å². The summed E-state index contributed by atoms with van der Waals surface area (Å²) in [6, 6.07) is 7.56. The first kappa shape index (κ1) is 13.5. The summed E-state index contributed by atoms with van der Waals surface area (Å²) in [4.78, 5) is 4.36. The van der Waals surface area contributed by atoms with Crippen LogP contribution in [0.25, 0.3) is 11.4 Å². The van der Waals surface area contributed by atoms with Crippen LogP contribution in [0.2, 0.25) is 0 Å². The maximum Gasteiger partial charge on any atom is 0.240 e. The number of methoxy groups -OCH3 is 1. The minimum Gasteiger partial charge on any atom is -0.497 e. The lowest BCUT2D eigenvalue weighted by molar-refractivity contribution is 0.336. The Labute approximate surface area is 113 Å². The zero-order valence-corrected chi connectivity index (χ0v) is 11.7. The molecule has 102 valence electrons. The van der Waals surface area contributed by atoms with Gasteiger partial charge in [-0.25, -0.2) is 0 Å². The maximum absolute atomic E-state index is 5.22. The van der Waals surface area contributed by atoms with Gasteiger partial charge in [-0.05, 0) is 45.0 Å².